The van der Waals surface area contributed by atoms with Gasteiger partial charge in [-0.2, -0.15) is 0 Å². The highest BCUT2D eigenvalue weighted by molar-refractivity contribution is 7.92. The van der Waals surface area contributed by atoms with Gasteiger partial charge in [-0.05, 0) is 36.6 Å². The summed E-state index contributed by atoms with van der Waals surface area (Å²) in [5.74, 6) is 1.22. The van der Waals surface area contributed by atoms with Gasteiger partial charge in [0, 0.05) is 25.1 Å². The van der Waals surface area contributed by atoms with Gasteiger partial charge < -0.3 is 9.15 Å². The van der Waals surface area contributed by atoms with Gasteiger partial charge in [0.15, 0.2) is 5.89 Å². The molecule has 6 nitrogen and oxygen atoms in total. The third kappa shape index (κ3) is 3.19. The lowest BCUT2D eigenvalue weighted by molar-refractivity contribution is 0.414. The number of hydrogen-bond acceptors (Lipinski definition) is 5. The molecule has 1 aliphatic rings. The number of methoxy groups -OCH3 is 1. The first kappa shape index (κ1) is 17.6. The Labute approximate surface area is 158 Å². The van der Waals surface area contributed by atoms with E-state index < -0.39 is 10.0 Å². The second-order valence-corrected chi connectivity index (χ2v) is 8.31. The number of aryl methyl sites for hydroxylation is 2. The highest BCUT2D eigenvalue weighted by Gasteiger charge is 2.29. The lowest BCUT2D eigenvalue weighted by atomic mass is 10.0. The minimum absolute atomic E-state index is 0.252. The molecule has 140 valence electrons. The Kier molecular flexibility index (Phi) is 4.39. The molecule has 3 aromatic rings. The normalized spacial score (nSPS) is 14.1. The predicted molar refractivity (Wildman–Crippen MR) is 103 cm³/mol. The number of aromatic nitrogens is 1. The number of rotatable bonds is 4. The van der Waals surface area contributed by atoms with Crippen molar-refractivity contribution in [2.45, 2.75) is 24.7 Å². The van der Waals surface area contributed by atoms with Gasteiger partial charge in [-0.15, -0.1) is 0 Å². The first-order valence-electron chi connectivity index (χ1n) is 8.71. The first-order chi connectivity index (χ1) is 13.0. The van der Waals surface area contributed by atoms with Gasteiger partial charge in [0.2, 0.25) is 0 Å². The molecule has 0 saturated heterocycles. The Bertz CT molecular complexity index is 1070. The maximum atomic E-state index is 13.3. The van der Waals surface area contributed by atoms with Crippen LogP contribution in [-0.2, 0) is 16.4 Å². The van der Waals surface area contributed by atoms with Crippen LogP contribution in [0.4, 0.5) is 5.69 Å². The van der Waals surface area contributed by atoms with Crippen molar-refractivity contribution in [3.8, 4) is 17.0 Å². The van der Waals surface area contributed by atoms with E-state index in [-0.39, 0.29) is 4.90 Å². The highest BCUT2D eigenvalue weighted by Crippen LogP contribution is 2.35. The number of hydrogen-bond donors (Lipinski definition) is 0. The minimum Gasteiger partial charge on any atom is -0.497 e. The van der Waals surface area contributed by atoms with E-state index in [0.717, 1.165) is 24.0 Å². The van der Waals surface area contributed by atoms with Gasteiger partial charge in [-0.3, -0.25) is 4.31 Å². The number of sulfonamides is 1. The standard InChI is InChI=1S/C20H20N2O4S/c1-14-21-19(13-26-14)15-6-9-18(10-7-15)27(23,24)22-11-3-4-16-5-8-17(25-2)12-20(16)22/h5-10,12-13H,3-4,11H2,1-2H3. The van der Waals surface area contributed by atoms with Crippen LogP contribution in [0.2, 0.25) is 0 Å². The monoisotopic (exact) mass is 384 g/mol. The Morgan fingerprint density at radius 3 is 2.59 bits per heavy atom. The highest BCUT2D eigenvalue weighted by atomic mass is 32.2. The molecule has 0 amide bonds. The van der Waals surface area contributed by atoms with E-state index >= 15 is 0 Å². The zero-order valence-corrected chi connectivity index (χ0v) is 16.0. The molecule has 0 unspecified atom stereocenters. The van der Waals surface area contributed by atoms with E-state index in [9.17, 15) is 8.42 Å². The average Bonchev–Trinajstić information content (AvgIpc) is 3.13. The van der Waals surface area contributed by atoms with Gasteiger partial charge in [0.1, 0.15) is 17.7 Å². The van der Waals surface area contributed by atoms with Gasteiger partial charge >= 0.3 is 0 Å². The van der Waals surface area contributed by atoms with E-state index in [0.29, 0.717) is 29.6 Å². The number of anilines is 1. The van der Waals surface area contributed by atoms with Crippen LogP contribution in [0.25, 0.3) is 11.3 Å². The zero-order valence-electron chi connectivity index (χ0n) is 15.2. The molecule has 0 N–H and O–H groups in total. The summed E-state index contributed by atoms with van der Waals surface area (Å²) in [5, 5.41) is 0. The van der Waals surface area contributed by atoms with Gasteiger partial charge in [-0.25, -0.2) is 13.4 Å². The van der Waals surface area contributed by atoms with E-state index in [4.69, 9.17) is 9.15 Å². The quantitative estimate of drug-likeness (QED) is 0.684. The number of nitrogens with zero attached hydrogens (tertiary/aromatic N) is 2. The van der Waals surface area contributed by atoms with Gasteiger partial charge in [0.25, 0.3) is 10.0 Å². The topological polar surface area (TPSA) is 72.6 Å². The molecule has 2 aromatic carbocycles. The fourth-order valence-corrected chi connectivity index (χ4v) is 4.85. The van der Waals surface area contributed by atoms with Crippen molar-refractivity contribution >= 4 is 15.7 Å². The molecule has 0 radical (unpaired) electrons. The molecular formula is C20H20N2O4S. The Morgan fingerprint density at radius 1 is 1.15 bits per heavy atom. The largest absolute Gasteiger partial charge is 0.497 e. The van der Waals surface area contributed by atoms with Crippen molar-refractivity contribution in [1.29, 1.82) is 0 Å². The maximum absolute atomic E-state index is 13.3. The van der Waals surface area contributed by atoms with E-state index in [1.165, 1.54) is 4.31 Å². The number of oxazole rings is 1. The van der Waals surface area contributed by atoms with Crippen LogP contribution >= 0.6 is 0 Å². The number of ether oxygens (including phenoxy) is 1. The SMILES string of the molecule is COc1ccc2c(c1)N(S(=O)(=O)c1ccc(-c3coc(C)n3)cc1)CCC2. The molecular weight excluding hydrogens is 364 g/mol. The van der Waals surface area contributed by atoms with Crippen LogP contribution in [0.3, 0.4) is 0 Å². The molecule has 7 heteroatoms. The third-order valence-corrected chi connectivity index (χ3v) is 6.55. The summed E-state index contributed by atoms with van der Waals surface area (Å²) in [7, 11) is -2.08. The van der Waals surface area contributed by atoms with Crippen LogP contribution < -0.4 is 9.04 Å². The van der Waals surface area contributed by atoms with E-state index in [1.807, 2.05) is 12.1 Å². The molecule has 1 aromatic heterocycles. The Hall–Kier alpha value is -2.80. The van der Waals surface area contributed by atoms with Crippen LogP contribution in [0, 0.1) is 6.92 Å². The average molecular weight is 384 g/mol. The van der Waals surface area contributed by atoms with E-state index in [1.54, 1.807) is 50.6 Å². The second kappa shape index (κ2) is 6.74. The summed E-state index contributed by atoms with van der Waals surface area (Å²) < 4.78 is 38.5. The Balaban J connectivity index is 1.70. The van der Waals surface area contributed by atoms with Crippen molar-refractivity contribution in [2.24, 2.45) is 0 Å². The molecule has 0 aliphatic carbocycles. The van der Waals surface area contributed by atoms with Gasteiger partial charge in [-0.1, -0.05) is 18.2 Å². The molecule has 0 bridgehead atoms. The lowest BCUT2D eigenvalue weighted by Crippen LogP contribution is -2.35. The lowest BCUT2D eigenvalue weighted by Gasteiger charge is -2.30. The van der Waals surface area contributed by atoms with Crippen LogP contribution in [0.5, 0.6) is 5.75 Å². The zero-order chi connectivity index (χ0) is 19.0. The molecule has 0 atom stereocenters. The van der Waals surface area contributed by atoms with Crippen LogP contribution in [-0.4, -0.2) is 27.1 Å². The number of fused-ring (bicyclic) bond motifs is 1. The minimum atomic E-state index is -3.66. The number of benzene rings is 2. The predicted octanol–water partition coefficient (Wildman–Crippen LogP) is 3.80. The molecule has 0 saturated carbocycles. The van der Waals surface area contributed by atoms with Gasteiger partial charge in [0.05, 0.1) is 17.7 Å². The van der Waals surface area contributed by atoms with Crippen LogP contribution in [0.1, 0.15) is 17.9 Å². The summed E-state index contributed by atoms with van der Waals surface area (Å²) in [6.45, 7) is 2.22. The second-order valence-electron chi connectivity index (χ2n) is 6.45. The van der Waals surface area contributed by atoms with E-state index in [2.05, 4.69) is 4.98 Å². The fourth-order valence-electron chi connectivity index (χ4n) is 3.32. The smallest absolute Gasteiger partial charge is 0.264 e. The molecule has 0 fully saturated rings. The van der Waals surface area contributed by atoms with Crippen molar-refractivity contribution in [1.82, 2.24) is 4.98 Å². The summed E-state index contributed by atoms with van der Waals surface area (Å²) >= 11 is 0. The molecule has 2 heterocycles. The van der Waals surface area contributed by atoms with Crippen molar-refractivity contribution in [3.63, 3.8) is 0 Å². The molecule has 1 aliphatic heterocycles. The Morgan fingerprint density at radius 2 is 1.93 bits per heavy atom. The molecule has 0 spiro atoms. The summed E-state index contributed by atoms with van der Waals surface area (Å²) in [5.41, 5.74) is 3.20. The summed E-state index contributed by atoms with van der Waals surface area (Å²) in [6.07, 6.45) is 3.21. The summed E-state index contributed by atoms with van der Waals surface area (Å²) in [4.78, 5) is 4.52. The maximum Gasteiger partial charge on any atom is 0.264 e. The van der Waals surface area contributed by atoms with Crippen molar-refractivity contribution in [3.05, 3.63) is 60.2 Å². The van der Waals surface area contributed by atoms with Crippen LogP contribution in [0.15, 0.2) is 58.0 Å². The molecule has 27 heavy (non-hydrogen) atoms. The third-order valence-electron chi connectivity index (χ3n) is 4.73. The van der Waals surface area contributed by atoms with Crippen molar-refractivity contribution < 1.29 is 17.6 Å². The molecule has 4 rings (SSSR count). The fraction of sp³-hybridized carbons (Fsp3) is 0.250. The van der Waals surface area contributed by atoms with Crippen molar-refractivity contribution in [2.75, 3.05) is 18.0 Å². The first-order valence-corrected chi connectivity index (χ1v) is 10.2. The summed E-state index contributed by atoms with van der Waals surface area (Å²) in [6, 6.07) is 12.3.